The SMILES string of the molecule is CCC(CC)C(=O)Nc1scc(-c2ccc(Br)cc2)c1C(=O)OC. The average molecular weight is 410 g/mol. The Kier molecular flexibility index (Phi) is 6.57. The zero-order chi connectivity index (χ0) is 17.7. The summed E-state index contributed by atoms with van der Waals surface area (Å²) in [6.45, 7) is 3.97. The molecular weight excluding hydrogens is 390 g/mol. The highest BCUT2D eigenvalue weighted by Gasteiger charge is 2.24. The number of nitrogens with one attached hydrogen (secondary N) is 1. The number of carbonyl (C=O) groups is 2. The predicted molar refractivity (Wildman–Crippen MR) is 101 cm³/mol. The molecule has 0 atom stereocenters. The fraction of sp³-hybridized carbons (Fsp3) is 0.333. The van der Waals surface area contributed by atoms with Gasteiger partial charge in [-0.1, -0.05) is 41.9 Å². The maximum absolute atomic E-state index is 12.4. The number of anilines is 1. The Labute approximate surface area is 154 Å². The lowest BCUT2D eigenvalue weighted by atomic mass is 10.0. The fourth-order valence-electron chi connectivity index (χ4n) is 2.47. The molecule has 24 heavy (non-hydrogen) atoms. The topological polar surface area (TPSA) is 55.4 Å². The second kappa shape index (κ2) is 8.44. The van der Waals surface area contributed by atoms with E-state index in [-0.39, 0.29) is 11.8 Å². The summed E-state index contributed by atoms with van der Waals surface area (Å²) in [6.07, 6.45) is 1.53. The summed E-state index contributed by atoms with van der Waals surface area (Å²) in [5.41, 5.74) is 2.07. The first-order chi connectivity index (χ1) is 11.5. The summed E-state index contributed by atoms with van der Waals surface area (Å²) >= 11 is 4.74. The number of hydrogen-bond acceptors (Lipinski definition) is 4. The highest BCUT2D eigenvalue weighted by molar-refractivity contribution is 9.10. The van der Waals surface area contributed by atoms with E-state index in [4.69, 9.17) is 4.74 Å². The third-order valence-corrected chi connectivity index (χ3v) is 5.35. The number of rotatable bonds is 6. The molecule has 0 aliphatic carbocycles. The third-order valence-electron chi connectivity index (χ3n) is 3.93. The van der Waals surface area contributed by atoms with Gasteiger partial charge in [-0.05, 0) is 30.5 Å². The lowest BCUT2D eigenvalue weighted by Crippen LogP contribution is -2.22. The van der Waals surface area contributed by atoms with E-state index < -0.39 is 5.97 Å². The molecular formula is C18H20BrNO3S. The van der Waals surface area contributed by atoms with Crippen LogP contribution in [0.15, 0.2) is 34.1 Å². The van der Waals surface area contributed by atoms with Crippen molar-refractivity contribution in [2.45, 2.75) is 26.7 Å². The Balaban J connectivity index is 2.41. The van der Waals surface area contributed by atoms with Crippen LogP contribution in [0.3, 0.4) is 0 Å². The van der Waals surface area contributed by atoms with Crippen molar-refractivity contribution in [2.75, 3.05) is 12.4 Å². The fourth-order valence-corrected chi connectivity index (χ4v) is 3.69. The zero-order valence-electron chi connectivity index (χ0n) is 13.9. The van der Waals surface area contributed by atoms with Crippen LogP contribution in [0.1, 0.15) is 37.0 Å². The quantitative estimate of drug-likeness (QED) is 0.654. The number of carbonyl (C=O) groups excluding carboxylic acids is 2. The number of hydrogen-bond donors (Lipinski definition) is 1. The molecule has 1 aromatic heterocycles. The maximum Gasteiger partial charge on any atom is 0.341 e. The van der Waals surface area contributed by atoms with Gasteiger partial charge in [0, 0.05) is 21.3 Å². The van der Waals surface area contributed by atoms with Crippen molar-refractivity contribution in [2.24, 2.45) is 5.92 Å². The Hall–Kier alpha value is -1.66. The summed E-state index contributed by atoms with van der Waals surface area (Å²) in [5, 5.41) is 5.31. The van der Waals surface area contributed by atoms with Gasteiger partial charge in [-0.2, -0.15) is 0 Å². The van der Waals surface area contributed by atoms with E-state index in [1.807, 2.05) is 43.5 Å². The van der Waals surface area contributed by atoms with Crippen LogP contribution in [0.5, 0.6) is 0 Å². The van der Waals surface area contributed by atoms with Gasteiger partial charge in [0.25, 0.3) is 0 Å². The van der Waals surface area contributed by atoms with Crippen molar-refractivity contribution in [1.29, 1.82) is 0 Å². The van der Waals surface area contributed by atoms with Crippen LogP contribution in [0, 0.1) is 5.92 Å². The van der Waals surface area contributed by atoms with Gasteiger partial charge in [0.1, 0.15) is 10.6 Å². The molecule has 2 aromatic rings. The summed E-state index contributed by atoms with van der Waals surface area (Å²) in [6, 6.07) is 7.67. The second-order valence-electron chi connectivity index (χ2n) is 5.35. The molecule has 0 bridgehead atoms. The largest absolute Gasteiger partial charge is 0.465 e. The molecule has 2 rings (SSSR count). The van der Waals surface area contributed by atoms with Crippen LogP contribution in [0.2, 0.25) is 0 Å². The number of amides is 1. The Morgan fingerprint density at radius 1 is 1.21 bits per heavy atom. The van der Waals surface area contributed by atoms with Gasteiger partial charge in [-0.25, -0.2) is 4.79 Å². The summed E-state index contributed by atoms with van der Waals surface area (Å²) in [5.74, 6) is -0.572. The molecule has 1 aromatic carbocycles. The molecule has 0 spiro atoms. The van der Waals surface area contributed by atoms with Crippen LogP contribution in [-0.2, 0) is 9.53 Å². The van der Waals surface area contributed by atoms with Gasteiger partial charge < -0.3 is 10.1 Å². The molecule has 1 N–H and O–H groups in total. The first-order valence-corrected chi connectivity index (χ1v) is 9.45. The molecule has 1 amide bonds. The van der Waals surface area contributed by atoms with Crippen LogP contribution in [-0.4, -0.2) is 19.0 Å². The van der Waals surface area contributed by atoms with Crippen LogP contribution in [0.4, 0.5) is 5.00 Å². The molecule has 128 valence electrons. The highest BCUT2D eigenvalue weighted by atomic mass is 79.9. The molecule has 1 heterocycles. The van der Waals surface area contributed by atoms with Gasteiger partial charge in [0.15, 0.2) is 0 Å². The maximum atomic E-state index is 12.4. The first kappa shape index (κ1) is 18.7. The van der Waals surface area contributed by atoms with Crippen LogP contribution >= 0.6 is 27.3 Å². The molecule has 0 aliphatic heterocycles. The Morgan fingerprint density at radius 2 is 1.83 bits per heavy atom. The van der Waals surface area contributed by atoms with E-state index in [9.17, 15) is 9.59 Å². The molecule has 0 saturated heterocycles. The smallest absolute Gasteiger partial charge is 0.341 e. The minimum absolute atomic E-state index is 0.0608. The Bertz CT molecular complexity index is 720. The van der Waals surface area contributed by atoms with Crippen molar-refractivity contribution in [3.8, 4) is 11.1 Å². The van der Waals surface area contributed by atoms with Crippen molar-refractivity contribution < 1.29 is 14.3 Å². The van der Waals surface area contributed by atoms with E-state index in [2.05, 4.69) is 21.2 Å². The molecule has 0 aliphatic rings. The predicted octanol–water partition coefficient (Wildman–Crippen LogP) is 5.34. The van der Waals surface area contributed by atoms with E-state index in [1.165, 1.54) is 18.4 Å². The first-order valence-electron chi connectivity index (χ1n) is 7.78. The number of thiophene rings is 1. The van der Waals surface area contributed by atoms with Crippen molar-refractivity contribution in [3.63, 3.8) is 0 Å². The number of benzene rings is 1. The lowest BCUT2D eigenvalue weighted by molar-refractivity contribution is -0.120. The summed E-state index contributed by atoms with van der Waals surface area (Å²) < 4.78 is 5.88. The van der Waals surface area contributed by atoms with Gasteiger partial charge in [-0.3, -0.25) is 4.79 Å². The van der Waals surface area contributed by atoms with Gasteiger partial charge in [0.2, 0.25) is 5.91 Å². The van der Waals surface area contributed by atoms with E-state index in [1.54, 1.807) is 0 Å². The number of esters is 1. The number of methoxy groups -OCH3 is 1. The van der Waals surface area contributed by atoms with Gasteiger partial charge in [0.05, 0.1) is 7.11 Å². The molecule has 0 unspecified atom stereocenters. The zero-order valence-corrected chi connectivity index (χ0v) is 16.3. The molecule has 4 nitrogen and oxygen atoms in total. The molecule has 0 fully saturated rings. The Morgan fingerprint density at radius 3 is 2.38 bits per heavy atom. The minimum atomic E-state index is -0.450. The van der Waals surface area contributed by atoms with E-state index in [0.29, 0.717) is 10.6 Å². The van der Waals surface area contributed by atoms with Crippen LogP contribution in [0.25, 0.3) is 11.1 Å². The van der Waals surface area contributed by atoms with Crippen molar-refractivity contribution >= 4 is 44.1 Å². The summed E-state index contributed by atoms with van der Waals surface area (Å²) in [7, 11) is 1.35. The molecule has 0 saturated carbocycles. The summed E-state index contributed by atoms with van der Waals surface area (Å²) in [4.78, 5) is 24.6. The van der Waals surface area contributed by atoms with E-state index in [0.717, 1.165) is 28.4 Å². The van der Waals surface area contributed by atoms with E-state index >= 15 is 0 Å². The van der Waals surface area contributed by atoms with Crippen molar-refractivity contribution in [3.05, 3.63) is 39.7 Å². The lowest BCUT2D eigenvalue weighted by Gasteiger charge is -2.13. The standard InChI is InChI=1S/C18H20BrNO3S/c1-4-11(5-2)16(21)20-17-15(18(22)23-3)14(10-24-17)12-6-8-13(19)9-7-12/h6-11H,4-5H2,1-3H3,(H,20,21). The highest BCUT2D eigenvalue weighted by Crippen LogP contribution is 2.37. The number of halogens is 1. The monoisotopic (exact) mass is 409 g/mol. The normalized spacial score (nSPS) is 10.7. The minimum Gasteiger partial charge on any atom is -0.465 e. The van der Waals surface area contributed by atoms with Gasteiger partial charge >= 0.3 is 5.97 Å². The van der Waals surface area contributed by atoms with Crippen LogP contribution < -0.4 is 5.32 Å². The third kappa shape index (κ3) is 4.05. The average Bonchev–Trinajstić information content (AvgIpc) is 2.99. The second-order valence-corrected chi connectivity index (χ2v) is 7.15. The van der Waals surface area contributed by atoms with Gasteiger partial charge in [-0.15, -0.1) is 11.3 Å². The molecule has 0 radical (unpaired) electrons. The van der Waals surface area contributed by atoms with Crippen molar-refractivity contribution in [1.82, 2.24) is 0 Å². The molecule has 6 heteroatoms. The number of ether oxygens (including phenoxy) is 1.